The number of hydrogen-bond donors (Lipinski definition) is 1. The van der Waals surface area contributed by atoms with E-state index in [1.165, 1.54) is 0 Å². The summed E-state index contributed by atoms with van der Waals surface area (Å²) in [6, 6.07) is 7.06. The van der Waals surface area contributed by atoms with Gasteiger partial charge in [-0.15, -0.1) is 0 Å². The molecule has 1 saturated heterocycles. The van der Waals surface area contributed by atoms with E-state index in [9.17, 15) is 4.79 Å². The average Bonchev–Trinajstić information content (AvgIpc) is 2.89. The molecule has 1 amide bonds. The van der Waals surface area contributed by atoms with Crippen molar-refractivity contribution < 1.29 is 9.53 Å². The number of amides is 1. The van der Waals surface area contributed by atoms with Crippen LogP contribution >= 0.6 is 0 Å². The van der Waals surface area contributed by atoms with Gasteiger partial charge >= 0.3 is 0 Å². The monoisotopic (exact) mass is 248 g/mol. The molecular formula is C14H20N2O2. The second-order valence-electron chi connectivity index (χ2n) is 4.60. The summed E-state index contributed by atoms with van der Waals surface area (Å²) in [6.45, 7) is 4.19. The van der Waals surface area contributed by atoms with Gasteiger partial charge in [0.05, 0.1) is 6.10 Å². The SMILES string of the molecule is CCN(C[C@@H]1CCCO1)C(=O)c1ccc(N)cc1. The van der Waals surface area contributed by atoms with Crippen molar-refractivity contribution in [1.29, 1.82) is 0 Å². The summed E-state index contributed by atoms with van der Waals surface area (Å²) in [7, 11) is 0. The molecule has 0 aromatic heterocycles. The minimum Gasteiger partial charge on any atom is -0.399 e. The summed E-state index contributed by atoms with van der Waals surface area (Å²) in [5, 5.41) is 0. The Bertz CT molecular complexity index is 397. The number of anilines is 1. The van der Waals surface area contributed by atoms with Crippen LogP contribution in [0.25, 0.3) is 0 Å². The molecule has 0 aliphatic carbocycles. The Morgan fingerprint density at radius 2 is 2.17 bits per heavy atom. The van der Waals surface area contributed by atoms with Crippen LogP contribution in [0.1, 0.15) is 30.1 Å². The van der Waals surface area contributed by atoms with Gasteiger partial charge in [-0.3, -0.25) is 4.79 Å². The van der Waals surface area contributed by atoms with Gasteiger partial charge in [-0.25, -0.2) is 0 Å². The van der Waals surface area contributed by atoms with E-state index in [-0.39, 0.29) is 12.0 Å². The maximum Gasteiger partial charge on any atom is 0.253 e. The first-order valence-electron chi connectivity index (χ1n) is 6.47. The Morgan fingerprint density at radius 3 is 2.72 bits per heavy atom. The minimum atomic E-state index is 0.0491. The molecule has 18 heavy (non-hydrogen) atoms. The summed E-state index contributed by atoms with van der Waals surface area (Å²) < 4.78 is 5.58. The van der Waals surface area contributed by atoms with E-state index in [4.69, 9.17) is 10.5 Å². The van der Waals surface area contributed by atoms with Crippen LogP contribution in [0, 0.1) is 0 Å². The lowest BCUT2D eigenvalue weighted by atomic mass is 10.1. The summed E-state index contributed by atoms with van der Waals surface area (Å²) in [4.78, 5) is 14.1. The van der Waals surface area contributed by atoms with Crippen molar-refractivity contribution in [3.8, 4) is 0 Å². The first-order chi connectivity index (χ1) is 8.70. The highest BCUT2D eigenvalue weighted by Crippen LogP contribution is 2.15. The first-order valence-corrected chi connectivity index (χ1v) is 6.47. The average molecular weight is 248 g/mol. The van der Waals surface area contributed by atoms with Gasteiger partial charge in [0.1, 0.15) is 0 Å². The predicted octanol–water partition coefficient (Wildman–Crippen LogP) is 1.91. The zero-order valence-corrected chi connectivity index (χ0v) is 10.8. The Hall–Kier alpha value is -1.55. The van der Waals surface area contributed by atoms with Gasteiger partial charge in [-0.1, -0.05) is 0 Å². The molecule has 1 aromatic rings. The number of likely N-dealkylation sites (N-methyl/N-ethyl adjacent to an activating group) is 1. The summed E-state index contributed by atoms with van der Waals surface area (Å²) in [5.41, 5.74) is 6.98. The number of hydrogen-bond acceptors (Lipinski definition) is 3. The normalized spacial score (nSPS) is 18.8. The lowest BCUT2D eigenvalue weighted by Crippen LogP contribution is -2.37. The van der Waals surface area contributed by atoms with Crippen LogP contribution in [0.2, 0.25) is 0 Å². The third-order valence-corrected chi connectivity index (χ3v) is 3.27. The molecule has 0 saturated carbocycles. The maximum absolute atomic E-state index is 12.3. The highest BCUT2D eigenvalue weighted by Gasteiger charge is 2.22. The molecule has 98 valence electrons. The molecule has 1 heterocycles. The fourth-order valence-electron chi connectivity index (χ4n) is 2.20. The van der Waals surface area contributed by atoms with Crippen LogP contribution in [0.4, 0.5) is 5.69 Å². The Kier molecular flexibility index (Phi) is 4.20. The van der Waals surface area contributed by atoms with Crippen LogP contribution in [0.5, 0.6) is 0 Å². The molecule has 1 atom stereocenters. The van der Waals surface area contributed by atoms with E-state index in [0.717, 1.165) is 19.4 Å². The van der Waals surface area contributed by atoms with Crippen molar-refractivity contribution in [1.82, 2.24) is 4.90 Å². The van der Waals surface area contributed by atoms with Gasteiger partial charge in [-0.05, 0) is 44.0 Å². The van der Waals surface area contributed by atoms with Crippen LogP contribution in [-0.2, 0) is 4.74 Å². The number of ether oxygens (including phenoxy) is 1. The fraction of sp³-hybridized carbons (Fsp3) is 0.500. The molecular weight excluding hydrogens is 228 g/mol. The van der Waals surface area contributed by atoms with E-state index >= 15 is 0 Å². The predicted molar refractivity (Wildman–Crippen MR) is 71.4 cm³/mol. The molecule has 4 nitrogen and oxygen atoms in total. The molecule has 1 aromatic carbocycles. The van der Waals surface area contributed by atoms with Gasteiger partial charge in [0.15, 0.2) is 0 Å². The molecule has 1 fully saturated rings. The zero-order valence-electron chi connectivity index (χ0n) is 10.8. The van der Waals surface area contributed by atoms with Gasteiger partial charge < -0.3 is 15.4 Å². The number of benzene rings is 1. The molecule has 0 radical (unpaired) electrons. The van der Waals surface area contributed by atoms with Crippen LogP contribution in [0.3, 0.4) is 0 Å². The number of nitrogens with zero attached hydrogens (tertiary/aromatic N) is 1. The second kappa shape index (κ2) is 5.87. The van der Waals surface area contributed by atoms with Crippen molar-refractivity contribution in [2.75, 3.05) is 25.4 Å². The van der Waals surface area contributed by atoms with E-state index in [1.807, 2.05) is 11.8 Å². The van der Waals surface area contributed by atoms with Crippen molar-refractivity contribution in [3.05, 3.63) is 29.8 Å². The molecule has 0 spiro atoms. The minimum absolute atomic E-state index is 0.0491. The van der Waals surface area contributed by atoms with E-state index < -0.39 is 0 Å². The van der Waals surface area contributed by atoms with Gasteiger partial charge in [0, 0.05) is 30.9 Å². The van der Waals surface area contributed by atoms with Crippen LogP contribution in [-0.4, -0.2) is 36.6 Å². The molecule has 4 heteroatoms. The molecule has 1 aliphatic rings. The maximum atomic E-state index is 12.3. The highest BCUT2D eigenvalue weighted by atomic mass is 16.5. The summed E-state index contributed by atoms with van der Waals surface area (Å²) in [6.07, 6.45) is 2.34. The summed E-state index contributed by atoms with van der Waals surface area (Å²) in [5.74, 6) is 0.0491. The van der Waals surface area contributed by atoms with E-state index in [0.29, 0.717) is 24.3 Å². The van der Waals surface area contributed by atoms with Gasteiger partial charge in [-0.2, -0.15) is 0 Å². The van der Waals surface area contributed by atoms with Gasteiger partial charge in [0.2, 0.25) is 0 Å². The Balaban J connectivity index is 2.02. The second-order valence-corrected chi connectivity index (χ2v) is 4.60. The smallest absolute Gasteiger partial charge is 0.253 e. The lowest BCUT2D eigenvalue weighted by molar-refractivity contribution is 0.0539. The molecule has 0 unspecified atom stereocenters. The number of rotatable bonds is 4. The van der Waals surface area contributed by atoms with Crippen LogP contribution < -0.4 is 5.73 Å². The Morgan fingerprint density at radius 1 is 1.44 bits per heavy atom. The number of carbonyl (C=O) groups excluding carboxylic acids is 1. The first kappa shape index (κ1) is 12.9. The molecule has 2 rings (SSSR count). The van der Waals surface area contributed by atoms with E-state index in [2.05, 4.69) is 0 Å². The largest absolute Gasteiger partial charge is 0.399 e. The lowest BCUT2D eigenvalue weighted by Gasteiger charge is -2.24. The fourth-order valence-corrected chi connectivity index (χ4v) is 2.20. The Labute approximate surface area is 108 Å². The van der Waals surface area contributed by atoms with Gasteiger partial charge in [0.25, 0.3) is 5.91 Å². The third kappa shape index (κ3) is 3.01. The third-order valence-electron chi connectivity index (χ3n) is 3.27. The molecule has 1 aliphatic heterocycles. The van der Waals surface area contributed by atoms with Crippen molar-refractivity contribution in [3.63, 3.8) is 0 Å². The topological polar surface area (TPSA) is 55.6 Å². The van der Waals surface area contributed by atoms with Crippen LogP contribution in [0.15, 0.2) is 24.3 Å². The van der Waals surface area contributed by atoms with E-state index in [1.54, 1.807) is 24.3 Å². The molecule has 2 N–H and O–H groups in total. The van der Waals surface area contributed by atoms with Crippen molar-refractivity contribution in [2.45, 2.75) is 25.9 Å². The zero-order chi connectivity index (χ0) is 13.0. The number of carbonyl (C=O) groups is 1. The highest BCUT2D eigenvalue weighted by molar-refractivity contribution is 5.94. The quantitative estimate of drug-likeness (QED) is 0.828. The number of nitrogens with two attached hydrogens (primary N) is 1. The van der Waals surface area contributed by atoms with Crippen molar-refractivity contribution >= 4 is 11.6 Å². The standard InChI is InChI=1S/C14H20N2O2/c1-2-16(10-13-4-3-9-18-13)14(17)11-5-7-12(15)8-6-11/h5-8,13H,2-4,9-10,15H2,1H3/t13-/m0/s1. The summed E-state index contributed by atoms with van der Waals surface area (Å²) >= 11 is 0. The molecule has 0 bridgehead atoms. The number of nitrogen functional groups attached to an aromatic ring is 1. The van der Waals surface area contributed by atoms with Crippen molar-refractivity contribution in [2.24, 2.45) is 0 Å².